The molecule has 0 saturated carbocycles. The smallest absolute Gasteiger partial charge is 0.326 e. The molecule has 1 aromatic rings. The Balaban J connectivity index is 2.61. The van der Waals surface area contributed by atoms with E-state index in [1.54, 1.807) is 17.5 Å². The molecule has 1 rings (SSSR count). The van der Waals surface area contributed by atoms with Crippen molar-refractivity contribution in [1.82, 2.24) is 10.2 Å². The van der Waals surface area contributed by atoms with Gasteiger partial charge in [-0.25, -0.2) is 4.79 Å². The number of thiophene rings is 1. The molecule has 23 heavy (non-hydrogen) atoms. The van der Waals surface area contributed by atoms with Crippen molar-refractivity contribution in [2.24, 2.45) is 0 Å². The minimum atomic E-state index is -1.13. The first-order chi connectivity index (χ1) is 10.8. The summed E-state index contributed by atoms with van der Waals surface area (Å²) in [6, 6.07) is 2.42. The number of rotatable bonds is 9. The molecule has 0 aromatic carbocycles. The summed E-state index contributed by atoms with van der Waals surface area (Å²) in [6.07, 6.45) is -0.0310. The van der Waals surface area contributed by atoms with Crippen LogP contribution >= 0.6 is 11.3 Å². The number of nitrogens with zero attached hydrogens (tertiary/aromatic N) is 1. The molecule has 0 aliphatic carbocycles. The zero-order chi connectivity index (χ0) is 17.4. The quantitative estimate of drug-likeness (QED) is 0.656. The fourth-order valence-corrected chi connectivity index (χ4v) is 2.64. The Morgan fingerprint density at radius 1 is 1.30 bits per heavy atom. The summed E-state index contributed by atoms with van der Waals surface area (Å²) in [5, 5.41) is 13.4. The Bertz CT molecular complexity index is 570. The van der Waals surface area contributed by atoms with Gasteiger partial charge in [0.25, 0.3) is 0 Å². The van der Waals surface area contributed by atoms with Gasteiger partial charge in [-0.15, -0.1) is 11.3 Å². The number of carboxylic acids is 1. The fourth-order valence-electron chi connectivity index (χ4n) is 1.94. The average molecular weight is 340 g/mol. The summed E-state index contributed by atoms with van der Waals surface area (Å²) >= 11 is 1.30. The number of carbonyl (C=O) groups excluding carboxylic acids is 3. The van der Waals surface area contributed by atoms with Crippen LogP contribution in [0.1, 0.15) is 36.4 Å². The van der Waals surface area contributed by atoms with E-state index in [1.165, 1.54) is 30.1 Å². The van der Waals surface area contributed by atoms with Crippen molar-refractivity contribution in [1.29, 1.82) is 0 Å². The van der Waals surface area contributed by atoms with Gasteiger partial charge in [0.05, 0.1) is 4.88 Å². The molecule has 0 aliphatic rings. The first kappa shape index (κ1) is 18.8. The lowest BCUT2D eigenvalue weighted by molar-refractivity contribution is -0.149. The zero-order valence-corrected chi connectivity index (χ0v) is 13.9. The van der Waals surface area contributed by atoms with Crippen LogP contribution in [0.4, 0.5) is 0 Å². The molecule has 1 aromatic heterocycles. The van der Waals surface area contributed by atoms with Crippen LogP contribution in [0.15, 0.2) is 17.5 Å². The third kappa shape index (κ3) is 6.19. The lowest BCUT2D eigenvalue weighted by Gasteiger charge is -2.26. The summed E-state index contributed by atoms with van der Waals surface area (Å²) in [6.45, 7) is 2.98. The number of Topliss-reactive ketones (excluding diaryl/α,β-unsaturated/α-hetero) is 1. The van der Waals surface area contributed by atoms with Gasteiger partial charge < -0.3 is 15.3 Å². The van der Waals surface area contributed by atoms with Crippen LogP contribution in [-0.4, -0.2) is 52.7 Å². The molecule has 2 N–H and O–H groups in total. The van der Waals surface area contributed by atoms with Crippen LogP contribution in [0, 0.1) is 0 Å². The molecule has 2 amide bonds. The molecule has 7 nitrogen and oxygen atoms in total. The first-order valence-corrected chi connectivity index (χ1v) is 8.04. The Kier molecular flexibility index (Phi) is 7.40. The minimum absolute atomic E-state index is 0.0301. The fraction of sp³-hybridized carbons (Fsp3) is 0.467. The van der Waals surface area contributed by atoms with Crippen molar-refractivity contribution in [3.63, 3.8) is 0 Å². The Hall–Kier alpha value is -2.22. The highest BCUT2D eigenvalue weighted by molar-refractivity contribution is 7.12. The van der Waals surface area contributed by atoms with Gasteiger partial charge in [-0.2, -0.15) is 0 Å². The zero-order valence-electron chi connectivity index (χ0n) is 13.1. The maximum Gasteiger partial charge on any atom is 0.326 e. The normalized spacial score (nSPS) is 11.6. The van der Waals surface area contributed by atoms with Crippen LogP contribution in [0.5, 0.6) is 0 Å². The molecule has 1 atom stereocenters. The predicted molar refractivity (Wildman–Crippen MR) is 85.4 cm³/mol. The first-order valence-electron chi connectivity index (χ1n) is 7.16. The highest BCUT2D eigenvalue weighted by Gasteiger charge is 2.25. The van der Waals surface area contributed by atoms with Gasteiger partial charge in [-0.1, -0.05) is 6.07 Å². The van der Waals surface area contributed by atoms with Gasteiger partial charge in [-0.05, 0) is 18.4 Å². The summed E-state index contributed by atoms with van der Waals surface area (Å²) < 4.78 is 0. The Morgan fingerprint density at radius 3 is 2.52 bits per heavy atom. The highest BCUT2D eigenvalue weighted by Crippen LogP contribution is 2.13. The second-order valence-electron chi connectivity index (χ2n) is 4.98. The van der Waals surface area contributed by atoms with Crippen LogP contribution in [0.2, 0.25) is 0 Å². The van der Waals surface area contributed by atoms with E-state index in [2.05, 4.69) is 5.32 Å². The lowest BCUT2D eigenvalue weighted by atomic mass is 10.1. The second kappa shape index (κ2) is 9.04. The van der Waals surface area contributed by atoms with E-state index in [4.69, 9.17) is 5.11 Å². The molecule has 126 valence electrons. The monoisotopic (exact) mass is 340 g/mol. The Labute approximate surface area is 138 Å². The Morgan fingerprint density at radius 2 is 2.00 bits per heavy atom. The molecular weight excluding hydrogens is 320 g/mol. The van der Waals surface area contributed by atoms with Crippen molar-refractivity contribution in [3.8, 4) is 0 Å². The van der Waals surface area contributed by atoms with Crippen LogP contribution in [-0.2, 0) is 14.4 Å². The van der Waals surface area contributed by atoms with Crippen molar-refractivity contribution in [2.75, 3.05) is 13.1 Å². The summed E-state index contributed by atoms with van der Waals surface area (Å²) in [4.78, 5) is 47.9. The predicted octanol–water partition coefficient (Wildman–Crippen LogP) is 1.15. The van der Waals surface area contributed by atoms with Crippen molar-refractivity contribution >= 4 is 34.9 Å². The number of hydrogen-bond acceptors (Lipinski definition) is 5. The van der Waals surface area contributed by atoms with Crippen molar-refractivity contribution in [2.45, 2.75) is 32.7 Å². The van der Waals surface area contributed by atoms with Gasteiger partial charge in [0.15, 0.2) is 5.78 Å². The number of nitrogens with one attached hydrogen (secondary N) is 1. The van der Waals surface area contributed by atoms with E-state index in [1.807, 2.05) is 0 Å². The van der Waals surface area contributed by atoms with Crippen molar-refractivity contribution in [3.05, 3.63) is 22.4 Å². The molecule has 8 heteroatoms. The summed E-state index contributed by atoms with van der Waals surface area (Å²) in [5.74, 6) is -1.95. The van der Waals surface area contributed by atoms with Gasteiger partial charge in [0, 0.05) is 32.9 Å². The maximum atomic E-state index is 12.2. The minimum Gasteiger partial charge on any atom is -0.480 e. The van der Waals surface area contributed by atoms with Gasteiger partial charge in [-0.3, -0.25) is 14.4 Å². The standard InChI is InChI=1S/C15H20N2O5S/c1-10(15(21)22)17(8-7-16-11(2)18)14(20)6-5-12(19)13-4-3-9-23-13/h3-4,9-10H,5-8H2,1-2H3,(H,16,18)(H,21,22). The molecule has 0 saturated heterocycles. The maximum absolute atomic E-state index is 12.2. The third-order valence-electron chi connectivity index (χ3n) is 3.23. The molecule has 0 spiro atoms. The van der Waals surface area contributed by atoms with E-state index >= 15 is 0 Å². The third-order valence-corrected chi connectivity index (χ3v) is 4.14. The molecule has 0 radical (unpaired) electrons. The molecule has 0 aliphatic heterocycles. The van der Waals surface area contributed by atoms with Crippen LogP contribution in [0.3, 0.4) is 0 Å². The van der Waals surface area contributed by atoms with E-state index < -0.39 is 17.9 Å². The summed E-state index contributed by atoms with van der Waals surface area (Å²) in [5.41, 5.74) is 0. The molecule has 1 unspecified atom stereocenters. The largest absolute Gasteiger partial charge is 0.480 e. The van der Waals surface area contributed by atoms with Gasteiger partial charge in [0.2, 0.25) is 11.8 Å². The number of aliphatic carboxylic acids is 1. The number of carboxylic acid groups (broad SMARTS) is 1. The van der Waals surface area contributed by atoms with E-state index in [0.29, 0.717) is 4.88 Å². The lowest BCUT2D eigenvalue weighted by Crippen LogP contribution is -2.46. The second-order valence-corrected chi connectivity index (χ2v) is 5.93. The van der Waals surface area contributed by atoms with Crippen LogP contribution in [0.25, 0.3) is 0 Å². The van der Waals surface area contributed by atoms with Gasteiger partial charge in [0.1, 0.15) is 6.04 Å². The number of hydrogen-bond donors (Lipinski definition) is 2. The van der Waals surface area contributed by atoms with E-state index in [-0.39, 0.29) is 37.6 Å². The molecule has 1 heterocycles. The van der Waals surface area contributed by atoms with Crippen molar-refractivity contribution < 1.29 is 24.3 Å². The van der Waals surface area contributed by atoms with Crippen LogP contribution < -0.4 is 5.32 Å². The van der Waals surface area contributed by atoms with Gasteiger partial charge >= 0.3 is 5.97 Å². The number of amides is 2. The van der Waals surface area contributed by atoms with E-state index in [0.717, 1.165) is 0 Å². The average Bonchev–Trinajstić information content (AvgIpc) is 3.02. The molecule has 0 bridgehead atoms. The number of carbonyl (C=O) groups is 4. The number of ketones is 1. The summed E-state index contributed by atoms with van der Waals surface area (Å²) in [7, 11) is 0. The topological polar surface area (TPSA) is 104 Å². The highest BCUT2D eigenvalue weighted by atomic mass is 32.1. The molecule has 0 fully saturated rings. The molecular formula is C15H20N2O5S. The van der Waals surface area contributed by atoms with E-state index in [9.17, 15) is 19.2 Å². The SMILES string of the molecule is CC(=O)NCCN(C(=O)CCC(=O)c1cccs1)C(C)C(=O)O.